The monoisotopic (exact) mass is 266 g/mol. The minimum atomic E-state index is -1.31. The Kier molecular flexibility index (Phi) is 12.5. The van der Waals surface area contributed by atoms with Crippen LogP contribution in [0.5, 0.6) is 0 Å². The molecule has 0 aliphatic rings. The Morgan fingerprint density at radius 1 is 1.11 bits per heavy atom. The van der Waals surface area contributed by atoms with Gasteiger partial charge in [-0.25, -0.2) is 0 Å². The van der Waals surface area contributed by atoms with Gasteiger partial charge in [0.05, 0.1) is 0 Å². The van der Waals surface area contributed by atoms with E-state index in [2.05, 4.69) is 45.4 Å². The second-order valence-electron chi connectivity index (χ2n) is 5.92. The summed E-state index contributed by atoms with van der Waals surface area (Å²) in [6.07, 6.45) is 6.19. The number of rotatable bonds is 8. The predicted molar refractivity (Wildman–Crippen MR) is 77.6 cm³/mol. The number of aliphatic carboxylic acids is 2. The van der Waals surface area contributed by atoms with Gasteiger partial charge in [0.25, 0.3) is 0 Å². The number of carboxylic acids is 2. The number of unbranched alkanes of at least 4 members (excludes halogenated alkanes) is 3. The van der Waals surface area contributed by atoms with Crippen LogP contribution in [0, 0.1) is 5.92 Å². The third-order valence-electron chi connectivity index (χ3n) is 3.54. The molecule has 108 valence electrons. The van der Waals surface area contributed by atoms with E-state index in [1.165, 1.54) is 32.1 Å². The van der Waals surface area contributed by atoms with E-state index in [1.807, 2.05) is 0 Å². The van der Waals surface area contributed by atoms with Gasteiger partial charge in [-0.05, 0) is 0 Å². The normalized spacial score (nSPS) is 13.4. The molecule has 0 aliphatic heterocycles. The van der Waals surface area contributed by atoms with Crippen molar-refractivity contribution < 1.29 is 19.8 Å². The average molecular weight is 266 g/mol. The molecule has 1 atom stereocenters. The van der Waals surface area contributed by atoms with Crippen molar-refractivity contribution in [2.24, 2.45) is 5.92 Å². The first-order valence-corrected chi connectivity index (χ1v) is 7.07. The quantitative estimate of drug-likeness (QED) is 0.400. The van der Waals surface area contributed by atoms with Crippen LogP contribution < -0.4 is 0 Å². The Hall–Kier alpha value is -0.463. The van der Waals surface area contributed by atoms with Gasteiger partial charge in [-0.15, -0.1) is 0 Å². The van der Waals surface area contributed by atoms with Gasteiger partial charge in [0.2, 0.25) is 0 Å². The van der Waals surface area contributed by atoms with Gasteiger partial charge in [0.15, 0.2) is 0 Å². The van der Waals surface area contributed by atoms with E-state index in [-0.39, 0.29) is 0 Å². The molecule has 0 rings (SSSR count). The molecule has 0 aliphatic carbocycles. The molecule has 5 heteroatoms. The Bertz CT molecular complexity index is 250. The third-order valence-corrected chi connectivity index (χ3v) is 3.54. The van der Waals surface area contributed by atoms with Gasteiger partial charge >= 0.3 is 99.5 Å². The third kappa shape index (κ3) is 15.5. The molecule has 4 nitrogen and oxygen atoms in total. The zero-order valence-electron chi connectivity index (χ0n) is 13.0. The summed E-state index contributed by atoms with van der Waals surface area (Å²) in [5.41, 5.74) is 0. The standard InChI is InChI=1S/C11H23.C3H4O4.Li/c1-5-6-7-8-9-11(4)10(2)3;4-2(5)1-3(6)7;/h10H,5-9H2,1-4H3;1H2,(H,4,5)(H,6,7);. The molecule has 2 N–H and O–H groups in total. The number of carbonyl (C=O) groups is 2. The Balaban J connectivity index is 0. The summed E-state index contributed by atoms with van der Waals surface area (Å²) in [5, 5.41) is 15.4. The van der Waals surface area contributed by atoms with E-state index < -0.39 is 18.4 Å². The fourth-order valence-electron chi connectivity index (χ4n) is 1.43. The van der Waals surface area contributed by atoms with Crippen molar-refractivity contribution in [1.29, 1.82) is 0 Å². The minimum absolute atomic E-state index is 0.549. The van der Waals surface area contributed by atoms with Crippen LogP contribution in [0.4, 0.5) is 0 Å². The van der Waals surface area contributed by atoms with Gasteiger partial charge < -0.3 is 10.2 Å². The maximum absolute atomic E-state index is 9.43. The number of hydrogen-bond acceptors (Lipinski definition) is 2. The summed E-state index contributed by atoms with van der Waals surface area (Å²) in [6, 6.07) is 0. The molecule has 0 saturated carbocycles. The van der Waals surface area contributed by atoms with Crippen molar-refractivity contribution in [3.63, 3.8) is 0 Å². The molecule has 0 bridgehead atoms. The molecule has 0 aromatic heterocycles. The van der Waals surface area contributed by atoms with Crippen molar-refractivity contribution in [1.82, 2.24) is 0 Å². The molecule has 1 unspecified atom stereocenters. The van der Waals surface area contributed by atoms with E-state index in [1.54, 1.807) is 0 Å². The first kappa shape index (κ1) is 20.8. The molecule has 0 aromatic rings. The Morgan fingerprint density at radius 3 is 1.84 bits per heavy atom. The van der Waals surface area contributed by atoms with Crippen LogP contribution in [0.15, 0.2) is 0 Å². The molecule has 0 amide bonds. The molecule has 0 spiro atoms. The number of carboxylic acid groups (broad SMARTS) is 2. The summed E-state index contributed by atoms with van der Waals surface area (Å²) in [7, 11) is 0. The van der Waals surface area contributed by atoms with Crippen LogP contribution >= 0.6 is 0 Å². The molecule has 0 fully saturated rings. The summed E-state index contributed by atoms with van der Waals surface area (Å²) in [6.45, 7) is 9.33. The maximum atomic E-state index is 9.43. The van der Waals surface area contributed by atoms with Gasteiger partial charge in [-0.2, -0.15) is 0 Å². The van der Waals surface area contributed by atoms with Crippen molar-refractivity contribution in [3.05, 3.63) is 0 Å². The van der Waals surface area contributed by atoms with Gasteiger partial charge in [0.1, 0.15) is 6.42 Å². The zero-order chi connectivity index (χ0) is 15.5. The van der Waals surface area contributed by atoms with Crippen LogP contribution in [0.2, 0.25) is 4.09 Å². The van der Waals surface area contributed by atoms with Crippen LogP contribution in [0.25, 0.3) is 0 Å². The molecule has 0 radical (unpaired) electrons. The van der Waals surface area contributed by atoms with Gasteiger partial charge in [-0.3, -0.25) is 9.59 Å². The molecule has 0 heterocycles. The SMILES string of the molecule is O=C(O)CC(=O)O.[Li][C](C)(CCCCCC)C(C)C. The second kappa shape index (κ2) is 11.4. The van der Waals surface area contributed by atoms with Crippen LogP contribution in [-0.2, 0) is 9.59 Å². The van der Waals surface area contributed by atoms with E-state index in [0.717, 1.165) is 5.92 Å². The first-order valence-electron chi connectivity index (χ1n) is 7.07. The van der Waals surface area contributed by atoms with E-state index in [4.69, 9.17) is 10.2 Å². The first-order chi connectivity index (χ1) is 8.63. The number of hydrogen-bond donors (Lipinski definition) is 2. The Labute approximate surface area is 126 Å². The van der Waals surface area contributed by atoms with E-state index >= 15 is 0 Å². The summed E-state index contributed by atoms with van der Waals surface area (Å²) in [5.74, 6) is -1.81. The summed E-state index contributed by atoms with van der Waals surface area (Å²) >= 11 is 2.39. The van der Waals surface area contributed by atoms with Gasteiger partial charge in [-0.1, -0.05) is 0 Å². The second-order valence-corrected chi connectivity index (χ2v) is 5.92. The topological polar surface area (TPSA) is 74.6 Å². The molecular weight excluding hydrogens is 239 g/mol. The summed E-state index contributed by atoms with van der Waals surface area (Å²) < 4.78 is 0.549. The van der Waals surface area contributed by atoms with Crippen LogP contribution in [0.3, 0.4) is 0 Å². The van der Waals surface area contributed by atoms with Crippen molar-refractivity contribution in [2.75, 3.05) is 0 Å². The molecule has 19 heavy (non-hydrogen) atoms. The Morgan fingerprint density at radius 2 is 1.58 bits per heavy atom. The molecule has 0 aromatic carbocycles. The fraction of sp³-hybridized carbons (Fsp3) is 0.857. The average Bonchev–Trinajstić information content (AvgIpc) is 2.23. The van der Waals surface area contributed by atoms with Crippen molar-refractivity contribution in [2.45, 2.75) is 70.3 Å². The fourth-order valence-corrected chi connectivity index (χ4v) is 1.43. The summed E-state index contributed by atoms with van der Waals surface area (Å²) in [4.78, 5) is 18.9. The van der Waals surface area contributed by atoms with Gasteiger partial charge in [0, 0.05) is 0 Å². The van der Waals surface area contributed by atoms with Crippen LogP contribution in [-0.4, -0.2) is 39.9 Å². The van der Waals surface area contributed by atoms with E-state index in [9.17, 15) is 9.59 Å². The predicted octanol–water partition coefficient (Wildman–Crippen LogP) is 3.51. The van der Waals surface area contributed by atoms with Crippen molar-refractivity contribution in [3.8, 4) is 0 Å². The van der Waals surface area contributed by atoms with E-state index in [0.29, 0.717) is 4.09 Å². The molecular formula is C14H27LiO4. The zero-order valence-corrected chi connectivity index (χ0v) is 13.0. The molecule has 0 saturated heterocycles. The van der Waals surface area contributed by atoms with Crippen molar-refractivity contribution >= 4 is 29.7 Å². The van der Waals surface area contributed by atoms with Crippen LogP contribution in [0.1, 0.15) is 66.2 Å².